The molecule has 1 aromatic rings. The van der Waals surface area contributed by atoms with Crippen LogP contribution in [0.2, 0.25) is 0 Å². The summed E-state index contributed by atoms with van der Waals surface area (Å²) in [5.41, 5.74) is 1.60. The first-order valence-corrected chi connectivity index (χ1v) is 5.67. The number of hydrogen-bond donors (Lipinski definition) is 3. The van der Waals surface area contributed by atoms with Crippen molar-refractivity contribution in [2.24, 2.45) is 0 Å². The van der Waals surface area contributed by atoms with Gasteiger partial charge in [0.05, 0.1) is 25.4 Å². The lowest BCUT2D eigenvalue weighted by atomic mass is 10.0. The minimum atomic E-state index is -0.634. The van der Waals surface area contributed by atoms with Crippen molar-refractivity contribution >= 4 is 0 Å². The van der Waals surface area contributed by atoms with Crippen molar-refractivity contribution in [2.75, 3.05) is 20.3 Å². The number of benzene rings is 1. The average molecular weight is 239 g/mol. The summed E-state index contributed by atoms with van der Waals surface area (Å²) < 4.78 is 5.04. The Kier molecular flexibility index (Phi) is 5.58. The lowest BCUT2D eigenvalue weighted by Crippen LogP contribution is -2.48. The predicted molar refractivity (Wildman–Crippen MR) is 66.6 cm³/mol. The van der Waals surface area contributed by atoms with Crippen LogP contribution in [-0.4, -0.2) is 36.1 Å². The van der Waals surface area contributed by atoms with Gasteiger partial charge >= 0.3 is 0 Å². The summed E-state index contributed by atoms with van der Waals surface area (Å²) in [6, 6.07) is 8.04. The number of aliphatic hydroxyl groups excluding tert-OH is 2. The molecule has 4 nitrogen and oxygen atoms in total. The van der Waals surface area contributed by atoms with E-state index in [-0.39, 0.29) is 13.2 Å². The van der Waals surface area contributed by atoms with Gasteiger partial charge in [-0.05, 0) is 18.1 Å². The smallest absolute Gasteiger partial charge is 0.0713 e. The molecule has 0 aliphatic carbocycles. The Morgan fingerprint density at radius 2 is 1.65 bits per heavy atom. The first-order chi connectivity index (χ1) is 8.13. The van der Waals surface area contributed by atoms with Gasteiger partial charge < -0.3 is 20.3 Å². The molecular formula is C13H21NO3. The minimum Gasteiger partial charge on any atom is -0.394 e. The maximum atomic E-state index is 9.14. The second-order valence-corrected chi connectivity index (χ2v) is 4.48. The van der Waals surface area contributed by atoms with E-state index in [4.69, 9.17) is 14.9 Å². The molecule has 1 aromatic carbocycles. The zero-order valence-corrected chi connectivity index (χ0v) is 10.4. The Balaban J connectivity index is 2.52. The lowest BCUT2D eigenvalue weighted by molar-refractivity contribution is 0.103. The third-order valence-electron chi connectivity index (χ3n) is 2.75. The molecular weight excluding hydrogens is 218 g/mol. The third kappa shape index (κ3) is 4.44. The van der Waals surface area contributed by atoms with Gasteiger partial charge in [-0.3, -0.25) is 0 Å². The van der Waals surface area contributed by atoms with Crippen LogP contribution in [0, 0.1) is 0 Å². The summed E-state index contributed by atoms with van der Waals surface area (Å²) in [4.78, 5) is 0. The molecule has 3 N–H and O–H groups in total. The van der Waals surface area contributed by atoms with Gasteiger partial charge in [0, 0.05) is 13.7 Å². The van der Waals surface area contributed by atoms with Crippen molar-refractivity contribution in [3.05, 3.63) is 35.4 Å². The molecule has 0 aliphatic heterocycles. The summed E-state index contributed by atoms with van der Waals surface area (Å²) in [5.74, 6) is 0. The second kappa shape index (κ2) is 6.71. The third-order valence-corrected chi connectivity index (χ3v) is 2.75. The fourth-order valence-corrected chi connectivity index (χ4v) is 1.40. The van der Waals surface area contributed by atoms with Crippen LogP contribution in [0.4, 0.5) is 0 Å². The zero-order chi connectivity index (χ0) is 12.7. The molecule has 0 saturated carbocycles. The molecule has 0 radical (unpaired) electrons. The van der Waals surface area contributed by atoms with Crippen LogP contribution >= 0.6 is 0 Å². The molecule has 0 aliphatic rings. The van der Waals surface area contributed by atoms with Gasteiger partial charge in [0.2, 0.25) is 0 Å². The van der Waals surface area contributed by atoms with Crippen molar-refractivity contribution < 1.29 is 14.9 Å². The molecule has 0 spiro atoms. The van der Waals surface area contributed by atoms with E-state index in [9.17, 15) is 0 Å². The van der Waals surface area contributed by atoms with E-state index in [0.717, 1.165) is 11.1 Å². The highest BCUT2D eigenvalue weighted by atomic mass is 16.5. The van der Waals surface area contributed by atoms with E-state index in [1.54, 1.807) is 14.0 Å². The van der Waals surface area contributed by atoms with Crippen molar-refractivity contribution in [3.63, 3.8) is 0 Å². The Morgan fingerprint density at radius 3 is 2.12 bits per heavy atom. The topological polar surface area (TPSA) is 61.7 Å². The standard InChI is InChI=1S/C13H21NO3/c1-13(9-15,10-16)14-7-11-3-5-12(6-4-11)8-17-2/h3-6,14-16H,7-10H2,1-2H3. The van der Waals surface area contributed by atoms with Crippen LogP contribution in [-0.2, 0) is 17.9 Å². The molecule has 0 atom stereocenters. The van der Waals surface area contributed by atoms with Crippen LogP contribution in [0.3, 0.4) is 0 Å². The summed E-state index contributed by atoms with van der Waals surface area (Å²) in [6.07, 6.45) is 0. The van der Waals surface area contributed by atoms with Crippen molar-refractivity contribution in [3.8, 4) is 0 Å². The van der Waals surface area contributed by atoms with Crippen LogP contribution in [0.25, 0.3) is 0 Å². The number of ether oxygens (including phenoxy) is 1. The molecule has 0 aromatic heterocycles. The molecule has 0 unspecified atom stereocenters. The van der Waals surface area contributed by atoms with Crippen LogP contribution in [0.1, 0.15) is 18.1 Å². The van der Waals surface area contributed by atoms with Gasteiger partial charge in [-0.15, -0.1) is 0 Å². The molecule has 1 rings (SSSR count). The van der Waals surface area contributed by atoms with E-state index in [1.807, 2.05) is 24.3 Å². The molecule has 96 valence electrons. The molecule has 0 fully saturated rings. The van der Waals surface area contributed by atoms with Gasteiger partial charge in [-0.2, -0.15) is 0 Å². The van der Waals surface area contributed by atoms with E-state index in [0.29, 0.717) is 13.2 Å². The summed E-state index contributed by atoms with van der Waals surface area (Å²) >= 11 is 0. The molecule has 0 amide bonds. The Bertz CT molecular complexity index is 320. The number of aliphatic hydroxyl groups is 2. The van der Waals surface area contributed by atoms with E-state index in [2.05, 4.69) is 5.32 Å². The molecule has 0 bridgehead atoms. The predicted octanol–water partition coefficient (Wildman–Crippen LogP) is 0.666. The van der Waals surface area contributed by atoms with Crippen LogP contribution in [0.5, 0.6) is 0 Å². The SMILES string of the molecule is COCc1ccc(CNC(C)(CO)CO)cc1. The summed E-state index contributed by atoms with van der Waals surface area (Å²) in [5, 5.41) is 21.4. The van der Waals surface area contributed by atoms with E-state index in [1.165, 1.54) is 0 Å². The molecule has 0 heterocycles. The van der Waals surface area contributed by atoms with Gasteiger partial charge in [0.1, 0.15) is 0 Å². The Morgan fingerprint density at radius 1 is 1.12 bits per heavy atom. The normalized spacial score (nSPS) is 11.8. The second-order valence-electron chi connectivity index (χ2n) is 4.48. The van der Waals surface area contributed by atoms with Crippen molar-refractivity contribution in [1.82, 2.24) is 5.32 Å². The number of methoxy groups -OCH3 is 1. The van der Waals surface area contributed by atoms with Gasteiger partial charge in [0.15, 0.2) is 0 Å². The molecule has 0 saturated heterocycles. The number of hydrogen-bond acceptors (Lipinski definition) is 4. The van der Waals surface area contributed by atoms with Crippen LogP contribution < -0.4 is 5.32 Å². The highest BCUT2D eigenvalue weighted by Gasteiger charge is 2.20. The largest absolute Gasteiger partial charge is 0.394 e. The van der Waals surface area contributed by atoms with Gasteiger partial charge in [0.25, 0.3) is 0 Å². The average Bonchev–Trinajstić information content (AvgIpc) is 2.38. The molecule has 17 heavy (non-hydrogen) atoms. The fourth-order valence-electron chi connectivity index (χ4n) is 1.40. The number of rotatable bonds is 7. The Hall–Kier alpha value is -0.940. The maximum absolute atomic E-state index is 9.14. The highest BCUT2D eigenvalue weighted by molar-refractivity contribution is 5.22. The quantitative estimate of drug-likeness (QED) is 0.654. The first-order valence-electron chi connectivity index (χ1n) is 5.67. The fraction of sp³-hybridized carbons (Fsp3) is 0.538. The zero-order valence-electron chi connectivity index (χ0n) is 10.4. The minimum absolute atomic E-state index is 0.0920. The number of nitrogens with one attached hydrogen (secondary N) is 1. The Labute approximate surface area is 102 Å². The summed E-state index contributed by atoms with van der Waals surface area (Å²) in [6.45, 7) is 2.83. The van der Waals surface area contributed by atoms with E-state index >= 15 is 0 Å². The first kappa shape index (κ1) is 14.1. The molecule has 4 heteroatoms. The monoisotopic (exact) mass is 239 g/mol. The van der Waals surface area contributed by atoms with Crippen LogP contribution in [0.15, 0.2) is 24.3 Å². The van der Waals surface area contributed by atoms with Crippen molar-refractivity contribution in [1.29, 1.82) is 0 Å². The lowest BCUT2D eigenvalue weighted by Gasteiger charge is -2.26. The van der Waals surface area contributed by atoms with E-state index < -0.39 is 5.54 Å². The maximum Gasteiger partial charge on any atom is 0.0713 e. The van der Waals surface area contributed by atoms with Gasteiger partial charge in [-0.25, -0.2) is 0 Å². The summed E-state index contributed by atoms with van der Waals surface area (Å²) in [7, 11) is 1.67. The highest BCUT2D eigenvalue weighted by Crippen LogP contribution is 2.08. The van der Waals surface area contributed by atoms with Gasteiger partial charge in [-0.1, -0.05) is 24.3 Å². The van der Waals surface area contributed by atoms with Crippen molar-refractivity contribution in [2.45, 2.75) is 25.6 Å².